The number of aliphatic imine (C=N–C) groups is 1. The Morgan fingerprint density at radius 1 is 1.14 bits per heavy atom. The summed E-state index contributed by atoms with van der Waals surface area (Å²) in [6.45, 7) is 2.62. The van der Waals surface area contributed by atoms with Gasteiger partial charge in [-0.15, -0.1) is 0 Å². The Bertz CT molecular complexity index is 871. The minimum Gasteiger partial charge on any atom is -0.495 e. The van der Waals surface area contributed by atoms with E-state index in [9.17, 15) is 4.79 Å². The van der Waals surface area contributed by atoms with Crippen molar-refractivity contribution in [2.45, 2.75) is 20.0 Å². The van der Waals surface area contributed by atoms with Crippen molar-refractivity contribution in [3.05, 3.63) is 57.6 Å². The fourth-order valence-electron chi connectivity index (χ4n) is 2.71. The predicted molar refractivity (Wildman–Crippen MR) is 115 cm³/mol. The van der Waals surface area contributed by atoms with Crippen molar-refractivity contribution in [2.75, 3.05) is 26.5 Å². The summed E-state index contributed by atoms with van der Waals surface area (Å²) in [5.74, 6) is 1.18. The number of methoxy groups -OCH3 is 1. The number of guanidine groups is 1. The van der Waals surface area contributed by atoms with Crippen LogP contribution in [0.15, 0.2) is 41.4 Å². The number of rotatable bonds is 6. The van der Waals surface area contributed by atoms with E-state index in [1.54, 1.807) is 20.2 Å². The van der Waals surface area contributed by atoms with E-state index in [2.05, 4.69) is 15.6 Å². The number of halogens is 2. The van der Waals surface area contributed by atoms with Crippen molar-refractivity contribution in [3.8, 4) is 5.75 Å². The van der Waals surface area contributed by atoms with E-state index < -0.39 is 0 Å². The summed E-state index contributed by atoms with van der Waals surface area (Å²) in [6.07, 6.45) is 0. The van der Waals surface area contributed by atoms with Gasteiger partial charge in [-0.05, 0) is 35.4 Å². The number of anilines is 1. The first-order valence-corrected chi connectivity index (χ1v) is 9.39. The highest BCUT2D eigenvalue weighted by Crippen LogP contribution is 2.25. The maximum Gasteiger partial charge on any atom is 0.221 e. The second-order valence-electron chi connectivity index (χ2n) is 6.22. The van der Waals surface area contributed by atoms with Gasteiger partial charge in [-0.2, -0.15) is 0 Å². The van der Waals surface area contributed by atoms with Crippen LogP contribution < -0.4 is 15.4 Å². The molecule has 8 heteroatoms. The molecule has 2 rings (SSSR count). The highest BCUT2D eigenvalue weighted by Gasteiger charge is 2.10. The lowest BCUT2D eigenvalue weighted by Crippen LogP contribution is -2.38. The van der Waals surface area contributed by atoms with Gasteiger partial charge in [0.1, 0.15) is 5.75 Å². The first-order valence-electron chi connectivity index (χ1n) is 8.64. The van der Waals surface area contributed by atoms with Crippen molar-refractivity contribution in [1.29, 1.82) is 0 Å². The van der Waals surface area contributed by atoms with Crippen molar-refractivity contribution in [1.82, 2.24) is 10.2 Å². The molecule has 0 radical (unpaired) electrons. The molecule has 0 atom stereocenters. The lowest BCUT2D eigenvalue weighted by Gasteiger charge is -2.22. The molecule has 0 fully saturated rings. The Morgan fingerprint density at radius 2 is 1.86 bits per heavy atom. The molecular weight excluding hydrogens is 399 g/mol. The van der Waals surface area contributed by atoms with E-state index in [1.165, 1.54) is 6.92 Å². The molecule has 0 saturated heterocycles. The molecular formula is C20H24Cl2N4O2. The molecule has 2 aromatic rings. The van der Waals surface area contributed by atoms with E-state index >= 15 is 0 Å². The molecule has 1 amide bonds. The molecule has 0 unspecified atom stereocenters. The molecule has 0 bridgehead atoms. The Labute approximate surface area is 175 Å². The normalized spacial score (nSPS) is 11.1. The maximum atomic E-state index is 11.4. The third-order valence-electron chi connectivity index (χ3n) is 4.00. The average molecular weight is 423 g/mol. The molecule has 2 aromatic carbocycles. The van der Waals surface area contributed by atoms with Gasteiger partial charge in [-0.3, -0.25) is 9.79 Å². The second-order valence-corrected chi connectivity index (χ2v) is 7.04. The number of benzene rings is 2. The van der Waals surface area contributed by atoms with Crippen LogP contribution in [0.5, 0.6) is 5.75 Å². The van der Waals surface area contributed by atoms with Crippen LogP contribution >= 0.6 is 23.2 Å². The molecule has 0 saturated carbocycles. The molecule has 6 nitrogen and oxygen atoms in total. The molecule has 2 N–H and O–H groups in total. The highest BCUT2D eigenvalue weighted by atomic mass is 35.5. The number of hydrogen-bond donors (Lipinski definition) is 2. The standard InChI is InChI=1S/C20H24Cl2N4O2/c1-13(27)25-18-10-14(6-8-19(18)28-4)11-24-20(23-2)26(3)12-15-5-7-16(21)17(22)9-15/h5-10H,11-12H2,1-4H3,(H,23,24)(H,25,27). The minimum atomic E-state index is -0.152. The summed E-state index contributed by atoms with van der Waals surface area (Å²) in [5.41, 5.74) is 2.64. The summed E-state index contributed by atoms with van der Waals surface area (Å²) in [5, 5.41) is 7.15. The fourth-order valence-corrected chi connectivity index (χ4v) is 3.03. The third-order valence-corrected chi connectivity index (χ3v) is 4.74. The van der Waals surface area contributed by atoms with Gasteiger partial charge in [-0.25, -0.2) is 0 Å². The molecule has 0 heterocycles. The quantitative estimate of drug-likeness (QED) is 0.541. The van der Waals surface area contributed by atoms with Gasteiger partial charge >= 0.3 is 0 Å². The number of hydrogen-bond acceptors (Lipinski definition) is 3. The summed E-state index contributed by atoms with van der Waals surface area (Å²) in [7, 11) is 5.23. The number of nitrogens with one attached hydrogen (secondary N) is 2. The van der Waals surface area contributed by atoms with Gasteiger partial charge in [0, 0.05) is 34.1 Å². The fraction of sp³-hybridized carbons (Fsp3) is 0.300. The van der Waals surface area contributed by atoms with Crippen LogP contribution in [0.2, 0.25) is 10.0 Å². The highest BCUT2D eigenvalue weighted by molar-refractivity contribution is 6.42. The first-order chi connectivity index (χ1) is 13.3. The van der Waals surface area contributed by atoms with E-state index in [0.717, 1.165) is 17.1 Å². The Balaban J connectivity index is 2.04. The Morgan fingerprint density at radius 3 is 2.46 bits per heavy atom. The Kier molecular flexibility index (Phi) is 7.96. The lowest BCUT2D eigenvalue weighted by atomic mass is 10.2. The summed E-state index contributed by atoms with van der Waals surface area (Å²) < 4.78 is 5.28. The summed E-state index contributed by atoms with van der Waals surface area (Å²) in [6, 6.07) is 11.2. The van der Waals surface area contributed by atoms with Crippen LogP contribution in [-0.2, 0) is 17.9 Å². The molecule has 0 spiro atoms. The summed E-state index contributed by atoms with van der Waals surface area (Å²) >= 11 is 12.1. The first kappa shape index (κ1) is 21.9. The third kappa shape index (κ3) is 6.04. The van der Waals surface area contributed by atoms with Crippen LogP contribution in [0.4, 0.5) is 5.69 Å². The molecule has 28 heavy (non-hydrogen) atoms. The van der Waals surface area contributed by atoms with Crippen molar-refractivity contribution < 1.29 is 9.53 Å². The van der Waals surface area contributed by atoms with Gasteiger partial charge in [0.05, 0.1) is 22.8 Å². The molecule has 0 aliphatic carbocycles. The monoisotopic (exact) mass is 422 g/mol. The van der Waals surface area contributed by atoms with E-state index in [-0.39, 0.29) is 5.91 Å². The van der Waals surface area contributed by atoms with Gasteiger partial charge in [-0.1, -0.05) is 35.3 Å². The van der Waals surface area contributed by atoms with Gasteiger partial charge in [0.25, 0.3) is 0 Å². The van der Waals surface area contributed by atoms with Crippen molar-refractivity contribution in [2.24, 2.45) is 4.99 Å². The van der Waals surface area contributed by atoms with Crippen LogP contribution in [0, 0.1) is 0 Å². The zero-order chi connectivity index (χ0) is 20.7. The number of nitrogens with zero attached hydrogens (tertiary/aromatic N) is 2. The lowest BCUT2D eigenvalue weighted by molar-refractivity contribution is -0.114. The molecule has 0 aromatic heterocycles. The number of amides is 1. The topological polar surface area (TPSA) is 66.0 Å². The molecule has 150 valence electrons. The van der Waals surface area contributed by atoms with Crippen LogP contribution in [0.25, 0.3) is 0 Å². The van der Waals surface area contributed by atoms with E-state index in [0.29, 0.717) is 34.6 Å². The SMILES string of the molecule is CN=C(NCc1ccc(OC)c(NC(C)=O)c1)N(C)Cc1ccc(Cl)c(Cl)c1. The number of carbonyl (C=O) groups excluding carboxylic acids is 1. The zero-order valence-electron chi connectivity index (χ0n) is 16.3. The maximum absolute atomic E-state index is 11.4. The van der Waals surface area contributed by atoms with Crippen molar-refractivity contribution >= 4 is 40.8 Å². The smallest absolute Gasteiger partial charge is 0.221 e. The number of carbonyl (C=O) groups is 1. The van der Waals surface area contributed by atoms with Crippen LogP contribution in [0.3, 0.4) is 0 Å². The van der Waals surface area contributed by atoms with E-state index in [1.807, 2.05) is 42.3 Å². The van der Waals surface area contributed by atoms with E-state index in [4.69, 9.17) is 27.9 Å². The largest absolute Gasteiger partial charge is 0.495 e. The molecule has 0 aliphatic rings. The van der Waals surface area contributed by atoms with Crippen LogP contribution in [0.1, 0.15) is 18.1 Å². The summed E-state index contributed by atoms with van der Waals surface area (Å²) in [4.78, 5) is 17.7. The minimum absolute atomic E-state index is 0.152. The van der Waals surface area contributed by atoms with Gasteiger partial charge in [0.2, 0.25) is 5.91 Å². The van der Waals surface area contributed by atoms with Crippen LogP contribution in [-0.4, -0.2) is 38.0 Å². The number of ether oxygens (including phenoxy) is 1. The predicted octanol–water partition coefficient (Wildman–Crippen LogP) is 4.17. The van der Waals surface area contributed by atoms with Crippen molar-refractivity contribution in [3.63, 3.8) is 0 Å². The average Bonchev–Trinajstić information content (AvgIpc) is 2.65. The zero-order valence-corrected chi connectivity index (χ0v) is 17.9. The Hall–Kier alpha value is -2.44. The van der Waals surface area contributed by atoms with Gasteiger partial charge in [0.15, 0.2) is 5.96 Å². The molecule has 0 aliphatic heterocycles. The van der Waals surface area contributed by atoms with Gasteiger partial charge < -0.3 is 20.3 Å². The second kappa shape index (κ2) is 10.2.